The summed E-state index contributed by atoms with van der Waals surface area (Å²) in [5.74, 6) is -2.12. The van der Waals surface area contributed by atoms with Crippen molar-refractivity contribution in [1.29, 1.82) is 0 Å². The number of ether oxygens (including phenoxy) is 3. The summed E-state index contributed by atoms with van der Waals surface area (Å²) in [6.45, 7) is 7.31. The van der Waals surface area contributed by atoms with Gasteiger partial charge in [0.05, 0.1) is 17.2 Å². The van der Waals surface area contributed by atoms with Crippen LogP contribution < -0.4 is 0 Å². The van der Waals surface area contributed by atoms with Gasteiger partial charge in [-0.3, -0.25) is 9.89 Å². The predicted octanol–water partition coefficient (Wildman–Crippen LogP) is 2.78. The zero-order valence-electron chi connectivity index (χ0n) is 23.1. The lowest BCUT2D eigenvalue weighted by atomic mass is 9.98. The van der Waals surface area contributed by atoms with Gasteiger partial charge in [0, 0.05) is 28.6 Å². The Balaban J connectivity index is 1.43. The maximum absolute atomic E-state index is 13.8. The SMILES string of the molecule is C=CCOC(=O)[C@@H]1OC(OC(=O)CCc2c(C(C)C)n(-c3ccc(F)cc3)c3cc4cn[nH]c4cc23)[C@@H](O)[C@H](O)[C@H]1O. The second kappa shape index (κ2) is 12.0. The third-order valence-corrected chi connectivity index (χ3v) is 7.28. The van der Waals surface area contributed by atoms with Crippen molar-refractivity contribution in [2.75, 3.05) is 6.61 Å². The fraction of sp³-hybridized carbons (Fsp3) is 0.367. The van der Waals surface area contributed by atoms with Gasteiger partial charge in [-0.05, 0) is 54.3 Å². The van der Waals surface area contributed by atoms with Gasteiger partial charge in [-0.15, -0.1) is 0 Å². The molecular formula is C30H32FN3O8. The summed E-state index contributed by atoms with van der Waals surface area (Å²) in [5.41, 5.74) is 4.19. The molecule has 4 N–H and O–H groups in total. The zero-order valence-corrected chi connectivity index (χ0v) is 23.1. The summed E-state index contributed by atoms with van der Waals surface area (Å²) in [4.78, 5) is 25.3. The Morgan fingerprint density at radius 1 is 1.17 bits per heavy atom. The van der Waals surface area contributed by atoms with E-state index in [2.05, 4.69) is 16.8 Å². The van der Waals surface area contributed by atoms with Crippen LogP contribution in [0.25, 0.3) is 27.5 Å². The van der Waals surface area contributed by atoms with Gasteiger partial charge < -0.3 is 34.1 Å². The Morgan fingerprint density at radius 2 is 1.90 bits per heavy atom. The molecule has 1 fully saturated rings. The van der Waals surface area contributed by atoms with Crippen LogP contribution in [0.3, 0.4) is 0 Å². The number of aryl methyl sites for hydroxylation is 1. The molecule has 11 nitrogen and oxygen atoms in total. The monoisotopic (exact) mass is 581 g/mol. The molecular weight excluding hydrogens is 549 g/mol. The number of hydrogen-bond acceptors (Lipinski definition) is 9. The third kappa shape index (κ3) is 5.53. The summed E-state index contributed by atoms with van der Waals surface area (Å²) >= 11 is 0. The Bertz CT molecular complexity index is 1610. The quantitative estimate of drug-likeness (QED) is 0.172. The lowest BCUT2D eigenvalue weighted by molar-refractivity contribution is -0.287. The highest BCUT2D eigenvalue weighted by Crippen LogP contribution is 2.37. The van der Waals surface area contributed by atoms with E-state index in [1.807, 2.05) is 30.5 Å². The van der Waals surface area contributed by atoms with E-state index in [1.165, 1.54) is 18.2 Å². The van der Waals surface area contributed by atoms with Gasteiger partial charge in [0.25, 0.3) is 0 Å². The van der Waals surface area contributed by atoms with Gasteiger partial charge in [-0.1, -0.05) is 26.5 Å². The Morgan fingerprint density at radius 3 is 2.60 bits per heavy atom. The summed E-state index contributed by atoms with van der Waals surface area (Å²) in [7, 11) is 0. The van der Waals surface area contributed by atoms with Crippen LogP contribution in [-0.4, -0.2) is 79.3 Å². The molecule has 4 aromatic rings. The molecule has 1 aliphatic rings. The van der Waals surface area contributed by atoms with Crippen LogP contribution in [0.4, 0.5) is 4.39 Å². The van der Waals surface area contributed by atoms with Crippen LogP contribution in [0, 0.1) is 5.82 Å². The van der Waals surface area contributed by atoms with E-state index in [0.29, 0.717) is 0 Å². The summed E-state index contributed by atoms with van der Waals surface area (Å²) in [5, 5.41) is 39.7. The Labute approximate surface area is 240 Å². The number of nitrogens with zero attached hydrogens (tertiary/aromatic N) is 2. The molecule has 12 heteroatoms. The molecule has 0 radical (unpaired) electrons. The van der Waals surface area contributed by atoms with Crippen molar-refractivity contribution in [3.8, 4) is 5.69 Å². The van der Waals surface area contributed by atoms with E-state index in [0.717, 1.165) is 38.8 Å². The average molecular weight is 582 g/mol. The zero-order chi connectivity index (χ0) is 30.1. The van der Waals surface area contributed by atoms with Crippen molar-refractivity contribution in [2.45, 2.75) is 63.3 Å². The van der Waals surface area contributed by atoms with Crippen molar-refractivity contribution < 1.29 is 43.5 Å². The van der Waals surface area contributed by atoms with Crippen LogP contribution in [-0.2, 0) is 30.2 Å². The lowest BCUT2D eigenvalue weighted by Gasteiger charge is -2.38. The van der Waals surface area contributed by atoms with Crippen molar-refractivity contribution >= 4 is 33.7 Å². The van der Waals surface area contributed by atoms with Gasteiger partial charge in [-0.25, -0.2) is 9.18 Å². The van der Waals surface area contributed by atoms with Gasteiger partial charge in [0.2, 0.25) is 6.29 Å². The van der Waals surface area contributed by atoms with Crippen LogP contribution in [0.2, 0.25) is 0 Å². The van der Waals surface area contributed by atoms with Crippen molar-refractivity contribution in [1.82, 2.24) is 14.8 Å². The largest absolute Gasteiger partial charge is 0.459 e. The number of benzene rings is 2. The van der Waals surface area contributed by atoms with E-state index in [1.54, 1.807) is 18.3 Å². The molecule has 0 bridgehead atoms. The molecule has 5 rings (SSSR count). The molecule has 2 aromatic carbocycles. The molecule has 222 valence electrons. The van der Waals surface area contributed by atoms with Crippen molar-refractivity contribution in [3.63, 3.8) is 0 Å². The maximum atomic E-state index is 13.8. The van der Waals surface area contributed by atoms with Gasteiger partial charge >= 0.3 is 11.9 Å². The minimum Gasteiger partial charge on any atom is -0.459 e. The van der Waals surface area contributed by atoms with E-state index >= 15 is 0 Å². The number of halogens is 1. The standard InChI is InChI=1S/C30H32FN3O8/c1-4-11-40-29(39)28-26(37)25(36)27(38)30(42-28)41-23(35)10-9-19-20-13-21-16(14-32-33-21)12-22(20)34(24(19)15(2)3)18-7-5-17(31)6-8-18/h4-8,12-15,25-28,30,36-38H,1,9-11H2,2-3H3,(H,32,33)/t25-,26-,27+,28-,30?/m1/s1. The van der Waals surface area contributed by atoms with E-state index < -0.39 is 42.6 Å². The molecule has 0 aliphatic carbocycles. The number of aliphatic hydroxyl groups excluding tert-OH is 3. The molecule has 3 heterocycles. The van der Waals surface area contributed by atoms with Gasteiger partial charge in [-0.2, -0.15) is 5.10 Å². The Kier molecular flexibility index (Phi) is 8.41. The highest BCUT2D eigenvalue weighted by atomic mass is 19.1. The number of carbonyl (C=O) groups excluding carboxylic acids is 2. The average Bonchev–Trinajstić information content (AvgIpc) is 3.56. The van der Waals surface area contributed by atoms with E-state index in [9.17, 15) is 29.3 Å². The highest BCUT2D eigenvalue weighted by molar-refractivity contribution is 5.98. The number of aromatic amines is 1. The minimum absolute atomic E-state index is 0.00686. The lowest BCUT2D eigenvalue weighted by Crippen LogP contribution is -2.60. The number of aromatic nitrogens is 3. The first-order valence-electron chi connectivity index (χ1n) is 13.5. The van der Waals surface area contributed by atoms with Gasteiger partial charge in [0.15, 0.2) is 6.10 Å². The molecule has 0 amide bonds. The van der Waals surface area contributed by atoms with Crippen molar-refractivity contribution in [2.24, 2.45) is 0 Å². The summed E-state index contributed by atoms with van der Waals surface area (Å²) < 4.78 is 31.4. The van der Waals surface area contributed by atoms with Crippen LogP contribution in [0.5, 0.6) is 0 Å². The smallest absolute Gasteiger partial charge is 0.338 e. The molecule has 1 saturated heterocycles. The first-order valence-corrected chi connectivity index (χ1v) is 13.5. The molecule has 2 aromatic heterocycles. The summed E-state index contributed by atoms with van der Waals surface area (Å²) in [6, 6.07) is 10.1. The van der Waals surface area contributed by atoms with Gasteiger partial charge in [0.1, 0.15) is 30.7 Å². The molecule has 1 unspecified atom stereocenters. The molecule has 0 spiro atoms. The predicted molar refractivity (Wildman–Crippen MR) is 149 cm³/mol. The minimum atomic E-state index is -1.82. The number of H-pyrrole nitrogens is 1. The topological polar surface area (TPSA) is 156 Å². The summed E-state index contributed by atoms with van der Waals surface area (Å²) in [6.07, 6.45) is -5.70. The maximum Gasteiger partial charge on any atom is 0.338 e. The molecule has 0 saturated carbocycles. The third-order valence-electron chi connectivity index (χ3n) is 7.28. The number of hydrogen-bond donors (Lipinski definition) is 4. The normalized spacial score (nSPS) is 22.5. The van der Waals surface area contributed by atoms with E-state index in [-0.39, 0.29) is 31.2 Å². The Hall–Kier alpha value is -4.10. The highest BCUT2D eigenvalue weighted by Gasteiger charge is 2.49. The number of rotatable bonds is 9. The van der Waals surface area contributed by atoms with Crippen LogP contribution in [0.1, 0.15) is 37.4 Å². The second-order valence-electron chi connectivity index (χ2n) is 10.5. The van der Waals surface area contributed by atoms with Crippen LogP contribution in [0.15, 0.2) is 55.3 Å². The second-order valence-corrected chi connectivity index (χ2v) is 10.5. The molecule has 5 atom stereocenters. The molecule has 42 heavy (non-hydrogen) atoms. The number of nitrogens with one attached hydrogen (secondary N) is 1. The number of esters is 2. The van der Waals surface area contributed by atoms with Crippen molar-refractivity contribution in [3.05, 3.63) is 72.3 Å². The number of aliphatic hydroxyl groups is 3. The fourth-order valence-corrected chi connectivity index (χ4v) is 5.33. The number of carbonyl (C=O) groups is 2. The first kappa shape index (κ1) is 29.4. The van der Waals surface area contributed by atoms with Crippen LogP contribution >= 0.6 is 0 Å². The fourth-order valence-electron chi connectivity index (χ4n) is 5.33. The molecule has 1 aliphatic heterocycles. The van der Waals surface area contributed by atoms with E-state index in [4.69, 9.17) is 14.2 Å². The number of fused-ring (bicyclic) bond motifs is 2. The first-order chi connectivity index (χ1) is 20.1.